The highest BCUT2D eigenvalue weighted by molar-refractivity contribution is 5.68. The first-order chi connectivity index (χ1) is 10.7. The standard InChI is InChI=1S/C18H34N2O3/c1-12-8-7-9-13(2)16(12)19-14-10-20(11-15(14)22-6)17(21)23-18(3,4)5/h12-16,19H,7-11H2,1-6H3/t12?,13?,14?,15-,16?/m0/s1. The van der Waals surface area contributed by atoms with Gasteiger partial charge in [-0.05, 0) is 45.4 Å². The minimum atomic E-state index is -0.461. The third-order valence-electron chi connectivity index (χ3n) is 5.17. The van der Waals surface area contributed by atoms with E-state index in [2.05, 4.69) is 19.2 Å². The van der Waals surface area contributed by atoms with Gasteiger partial charge in [-0.15, -0.1) is 0 Å². The van der Waals surface area contributed by atoms with Gasteiger partial charge in [-0.3, -0.25) is 0 Å². The average Bonchev–Trinajstić information content (AvgIpc) is 2.84. The number of ether oxygens (including phenoxy) is 2. The number of hydrogen-bond donors (Lipinski definition) is 1. The molecule has 5 nitrogen and oxygen atoms in total. The van der Waals surface area contributed by atoms with Gasteiger partial charge in [0.05, 0.1) is 18.7 Å². The number of nitrogens with zero attached hydrogens (tertiary/aromatic N) is 1. The number of rotatable bonds is 3. The van der Waals surface area contributed by atoms with Crippen LogP contribution in [0.5, 0.6) is 0 Å². The number of carbonyl (C=O) groups is 1. The Labute approximate surface area is 141 Å². The van der Waals surface area contributed by atoms with Crippen LogP contribution in [0.3, 0.4) is 0 Å². The van der Waals surface area contributed by atoms with Gasteiger partial charge in [0.1, 0.15) is 5.60 Å². The molecule has 0 aromatic carbocycles. The van der Waals surface area contributed by atoms with Gasteiger partial charge in [0.2, 0.25) is 0 Å². The van der Waals surface area contributed by atoms with E-state index in [0.717, 1.165) is 0 Å². The van der Waals surface area contributed by atoms with Crippen molar-refractivity contribution >= 4 is 6.09 Å². The Hall–Kier alpha value is -0.810. The van der Waals surface area contributed by atoms with Crippen LogP contribution in [0.1, 0.15) is 53.9 Å². The van der Waals surface area contributed by atoms with Crippen LogP contribution < -0.4 is 5.32 Å². The molecule has 1 aliphatic carbocycles. The number of hydrogen-bond acceptors (Lipinski definition) is 4. The Morgan fingerprint density at radius 3 is 2.26 bits per heavy atom. The highest BCUT2D eigenvalue weighted by Crippen LogP contribution is 2.30. The second kappa shape index (κ2) is 7.39. The van der Waals surface area contributed by atoms with Crippen LogP contribution in [0.25, 0.3) is 0 Å². The van der Waals surface area contributed by atoms with Crippen LogP contribution >= 0.6 is 0 Å². The lowest BCUT2D eigenvalue weighted by Crippen LogP contribution is -2.52. The smallest absolute Gasteiger partial charge is 0.410 e. The zero-order chi connectivity index (χ0) is 17.2. The lowest BCUT2D eigenvalue weighted by atomic mass is 9.78. The third-order valence-corrected chi connectivity index (χ3v) is 5.17. The fraction of sp³-hybridized carbons (Fsp3) is 0.944. The molecule has 0 aromatic rings. The van der Waals surface area contributed by atoms with Crippen molar-refractivity contribution < 1.29 is 14.3 Å². The van der Waals surface area contributed by atoms with Crippen molar-refractivity contribution in [2.24, 2.45) is 11.8 Å². The fourth-order valence-corrected chi connectivity index (χ4v) is 3.91. The topological polar surface area (TPSA) is 50.8 Å². The molecule has 2 aliphatic rings. The van der Waals surface area contributed by atoms with Crippen LogP contribution in [-0.4, -0.2) is 55.0 Å². The Bertz CT molecular complexity index is 398. The van der Waals surface area contributed by atoms with Crippen molar-refractivity contribution in [3.05, 3.63) is 0 Å². The predicted molar refractivity (Wildman–Crippen MR) is 91.5 cm³/mol. The van der Waals surface area contributed by atoms with Crippen molar-refractivity contribution in [3.63, 3.8) is 0 Å². The molecular formula is C18H34N2O3. The summed E-state index contributed by atoms with van der Waals surface area (Å²) < 4.78 is 11.1. The highest BCUT2D eigenvalue weighted by atomic mass is 16.6. The lowest BCUT2D eigenvalue weighted by Gasteiger charge is -2.38. The number of amides is 1. The van der Waals surface area contributed by atoms with Crippen LogP contribution in [0.15, 0.2) is 0 Å². The van der Waals surface area contributed by atoms with E-state index in [1.165, 1.54) is 19.3 Å². The molecule has 0 bridgehead atoms. The second-order valence-corrected chi connectivity index (χ2v) is 8.34. The maximum Gasteiger partial charge on any atom is 0.410 e. The van der Waals surface area contributed by atoms with Crippen LogP contribution in [0.4, 0.5) is 4.79 Å². The quantitative estimate of drug-likeness (QED) is 0.866. The summed E-state index contributed by atoms with van der Waals surface area (Å²) >= 11 is 0. The van der Waals surface area contributed by atoms with Crippen LogP contribution in [0.2, 0.25) is 0 Å². The Morgan fingerprint density at radius 1 is 1.13 bits per heavy atom. The van der Waals surface area contributed by atoms with Gasteiger partial charge in [0.25, 0.3) is 0 Å². The van der Waals surface area contributed by atoms with E-state index in [1.54, 1.807) is 12.0 Å². The molecule has 3 unspecified atom stereocenters. The first kappa shape index (κ1) is 18.5. The lowest BCUT2D eigenvalue weighted by molar-refractivity contribution is 0.0251. The molecule has 1 amide bonds. The summed E-state index contributed by atoms with van der Waals surface area (Å²) in [6, 6.07) is 0.686. The molecule has 2 fully saturated rings. The fourth-order valence-electron chi connectivity index (χ4n) is 3.91. The van der Waals surface area contributed by atoms with Gasteiger partial charge < -0.3 is 19.7 Å². The monoisotopic (exact) mass is 326 g/mol. The van der Waals surface area contributed by atoms with Crippen LogP contribution in [0, 0.1) is 11.8 Å². The summed E-state index contributed by atoms with van der Waals surface area (Å²) in [6.07, 6.45) is 3.67. The van der Waals surface area contributed by atoms with Gasteiger partial charge in [0.15, 0.2) is 0 Å². The SMILES string of the molecule is CO[C@H]1CN(C(=O)OC(C)(C)C)CC1NC1C(C)CCCC1C. The zero-order valence-corrected chi connectivity index (χ0v) is 15.6. The van der Waals surface area contributed by atoms with E-state index in [-0.39, 0.29) is 18.2 Å². The molecule has 134 valence electrons. The molecule has 1 saturated heterocycles. The summed E-state index contributed by atoms with van der Waals surface area (Å²) in [7, 11) is 1.73. The molecule has 4 atom stereocenters. The summed E-state index contributed by atoms with van der Waals surface area (Å²) in [5.74, 6) is 1.35. The number of nitrogens with one attached hydrogen (secondary N) is 1. The molecule has 0 radical (unpaired) electrons. The molecule has 1 aliphatic heterocycles. The van der Waals surface area contributed by atoms with Crippen molar-refractivity contribution in [2.45, 2.75) is 77.7 Å². The maximum absolute atomic E-state index is 12.3. The number of methoxy groups -OCH3 is 1. The van der Waals surface area contributed by atoms with E-state index in [9.17, 15) is 4.79 Å². The largest absolute Gasteiger partial charge is 0.444 e. The van der Waals surface area contributed by atoms with E-state index in [0.29, 0.717) is 31.0 Å². The van der Waals surface area contributed by atoms with Gasteiger partial charge >= 0.3 is 6.09 Å². The summed E-state index contributed by atoms with van der Waals surface area (Å²) in [6.45, 7) is 11.6. The molecule has 1 saturated carbocycles. The minimum absolute atomic E-state index is 0.0313. The highest BCUT2D eigenvalue weighted by Gasteiger charge is 2.40. The van der Waals surface area contributed by atoms with Gasteiger partial charge in [-0.2, -0.15) is 0 Å². The molecule has 0 aromatic heterocycles. The molecule has 23 heavy (non-hydrogen) atoms. The van der Waals surface area contributed by atoms with Gasteiger partial charge in [-0.25, -0.2) is 4.79 Å². The minimum Gasteiger partial charge on any atom is -0.444 e. The maximum atomic E-state index is 12.3. The number of likely N-dealkylation sites (tertiary alicyclic amines) is 1. The Kier molecular flexibility index (Phi) is 5.95. The van der Waals surface area contributed by atoms with Gasteiger partial charge in [0, 0.05) is 19.7 Å². The van der Waals surface area contributed by atoms with Crippen molar-refractivity contribution in [1.29, 1.82) is 0 Å². The van der Waals surface area contributed by atoms with Crippen molar-refractivity contribution in [1.82, 2.24) is 10.2 Å². The Morgan fingerprint density at radius 2 is 1.74 bits per heavy atom. The first-order valence-electron chi connectivity index (χ1n) is 8.98. The molecule has 2 rings (SSSR count). The van der Waals surface area contributed by atoms with E-state index < -0.39 is 5.60 Å². The normalized spacial score (nSPS) is 35.4. The molecule has 1 heterocycles. The van der Waals surface area contributed by atoms with Gasteiger partial charge in [-0.1, -0.05) is 20.3 Å². The van der Waals surface area contributed by atoms with Crippen molar-refractivity contribution in [3.8, 4) is 0 Å². The summed E-state index contributed by atoms with van der Waals surface area (Å²) in [5.41, 5.74) is -0.461. The molecule has 5 heteroatoms. The average molecular weight is 326 g/mol. The van der Waals surface area contributed by atoms with E-state index in [4.69, 9.17) is 9.47 Å². The van der Waals surface area contributed by atoms with Crippen molar-refractivity contribution in [2.75, 3.05) is 20.2 Å². The van der Waals surface area contributed by atoms with E-state index in [1.807, 2.05) is 20.8 Å². The molecular weight excluding hydrogens is 292 g/mol. The summed E-state index contributed by atoms with van der Waals surface area (Å²) in [5, 5.41) is 3.79. The number of carbonyl (C=O) groups excluding carboxylic acids is 1. The third kappa shape index (κ3) is 4.83. The van der Waals surface area contributed by atoms with Crippen LogP contribution in [-0.2, 0) is 9.47 Å². The second-order valence-electron chi connectivity index (χ2n) is 8.34. The Balaban J connectivity index is 1.97. The van der Waals surface area contributed by atoms with E-state index >= 15 is 0 Å². The summed E-state index contributed by atoms with van der Waals surface area (Å²) in [4.78, 5) is 14.1. The first-order valence-corrected chi connectivity index (χ1v) is 8.98. The predicted octanol–water partition coefficient (Wildman–Crippen LogP) is 3.04. The molecule has 0 spiro atoms. The molecule has 1 N–H and O–H groups in total. The zero-order valence-electron chi connectivity index (χ0n) is 15.6.